The van der Waals surface area contributed by atoms with E-state index in [-0.39, 0.29) is 5.41 Å². The van der Waals surface area contributed by atoms with E-state index in [1.54, 1.807) is 0 Å². The van der Waals surface area contributed by atoms with Crippen LogP contribution in [-0.4, -0.2) is 9.97 Å². The van der Waals surface area contributed by atoms with Crippen LogP contribution in [0.5, 0.6) is 0 Å². The maximum Gasteiger partial charge on any atom is 0.205 e. The van der Waals surface area contributed by atoms with Crippen LogP contribution in [0.3, 0.4) is 0 Å². The molecule has 1 aromatic heterocycles. The lowest BCUT2D eigenvalue weighted by Gasteiger charge is -2.19. The molecule has 1 heterocycles. The van der Waals surface area contributed by atoms with Gasteiger partial charge in [0.2, 0.25) is 5.95 Å². The fourth-order valence-electron chi connectivity index (χ4n) is 2.54. The number of imidazole rings is 1. The van der Waals surface area contributed by atoms with Gasteiger partial charge in [0.05, 0.1) is 22.7 Å². The van der Waals surface area contributed by atoms with Crippen LogP contribution in [0.4, 0.5) is 11.6 Å². The zero-order valence-corrected chi connectivity index (χ0v) is 13.9. The van der Waals surface area contributed by atoms with E-state index in [9.17, 15) is 0 Å². The van der Waals surface area contributed by atoms with E-state index < -0.39 is 0 Å². The van der Waals surface area contributed by atoms with Crippen molar-refractivity contribution in [2.24, 2.45) is 0 Å². The number of aromatic amines is 1. The second kappa shape index (κ2) is 5.44. The second-order valence-electron chi connectivity index (χ2n) is 6.83. The van der Waals surface area contributed by atoms with E-state index >= 15 is 0 Å². The predicted octanol–water partition coefficient (Wildman–Crippen LogP) is 4.78. The lowest BCUT2D eigenvalue weighted by molar-refractivity contribution is 0.590. The summed E-state index contributed by atoms with van der Waals surface area (Å²) < 4.78 is 0. The number of H-pyrrole nitrogens is 1. The third-order valence-electron chi connectivity index (χ3n) is 3.96. The van der Waals surface area contributed by atoms with Crippen molar-refractivity contribution in [2.45, 2.75) is 33.1 Å². The van der Waals surface area contributed by atoms with Crippen LogP contribution in [0.1, 0.15) is 37.5 Å². The number of nitriles is 1. The summed E-state index contributed by atoms with van der Waals surface area (Å²) in [6, 6.07) is 14.3. The monoisotopic (exact) mass is 304 g/mol. The Kier molecular flexibility index (Phi) is 3.57. The van der Waals surface area contributed by atoms with Gasteiger partial charge in [0, 0.05) is 5.69 Å². The van der Waals surface area contributed by atoms with Gasteiger partial charge in [0.15, 0.2) is 0 Å². The van der Waals surface area contributed by atoms with E-state index in [1.165, 1.54) is 5.56 Å². The average Bonchev–Trinajstić information content (AvgIpc) is 2.87. The van der Waals surface area contributed by atoms with Gasteiger partial charge in [-0.1, -0.05) is 32.9 Å². The van der Waals surface area contributed by atoms with Crippen LogP contribution in [0, 0.1) is 18.3 Å². The largest absolute Gasteiger partial charge is 0.326 e. The number of hydrogen-bond acceptors (Lipinski definition) is 3. The van der Waals surface area contributed by atoms with Crippen molar-refractivity contribution in [3.63, 3.8) is 0 Å². The molecule has 0 fully saturated rings. The molecule has 0 amide bonds. The average molecular weight is 304 g/mol. The van der Waals surface area contributed by atoms with Crippen molar-refractivity contribution in [2.75, 3.05) is 5.32 Å². The normalized spacial score (nSPS) is 11.4. The Morgan fingerprint density at radius 1 is 1.13 bits per heavy atom. The molecular formula is C19H20N4. The summed E-state index contributed by atoms with van der Waals surface area (Å²) in [6.45, 7) is 8.52. The van der Waals surface area contributed by atoms with Gasteiger partial charge in [0.1, 0.15) is 0 Å². The maximum absolute atomic E-state index is 9.11. The van der Waals surface area contributed by atoms with Crippen LogP contribution >= 0.6 is 0 Å². The third-order valence-corrected chi connectivity index (χ3v) is 3.96. The van der Waals surface area contributed by atoms with E-state index in [1.807, 2.05) is 19.1 Å². The van der Waals surface area contributed by atoms with Gasteiger partial charge in [-0.2, -0.15) is 5.26 Å². The number of nitrogens with one attached hydrogen (secondary N) is 2. The van der Waals surface area contributed by atoms with E-state index in [0.29, 0.717) is 11.5 Å². The van der Waals surface area contributed by atoms with Crippen molar-refractivity contribution in [1.82, 2.24) is 9.97 Å². The number of benzene rings is 2. The molecule has 2 aromatic carbocycles. The van der Waals surface area contributed by atoms with Gasteiger partial charge in [0.25, 0.3) is 0 Å². The molecule has 0 aliphatic rings. The van der Waals surface area contributed by atoms with Crippen LogP contribution < -0.4 is 5.32 Å². The number of fused-ring (bicyclic) bond motifs is 1. The Morgan fingerprint density at radius 2 is 1.83 bits per heavy atom. The molecule has 23 heavy (non-hydrogen) atoms. The fourth-order valence-corrected chi connectivity index (χ4v) is 2.54. The van der Waals surface area contributed by atoms with Gasteiger partial charge in [-0.15, -0.1) is 0 Å². The summed E-state index contributed by atoms with van der Waals surface area (Å²) in [7, 11) is 0. The lowest BCUT2D eigenvalue weighted by Crippen LogP contribution is -2.10. The van der Waals surface area contributed by atoms with Crippen LogP contribution in [0.15, 0.2) is 36.4 Å². The van der Waals surface area contributed by atoms with Crippen molar-refractivity contribution >= 4 is 22.7 Å². The molecule has 0 saturated heterocycles. The third kappa shape index (κ3) is 3.04. The second-order valence-corrected chi connectivity index (χ2v) is 6.83. The smallest absolute Gasteiger partial charge is 0.205 e. The standard InChI is InChI=1S/C19H20N4/c1-12-9-16-17(10-13(12)11-20)23-18(22-16)21-15-7-5-14(6-8-15)19(2,3)4/h5-10H,1-4H3,(H2,21,22,23). The summed E-state index contributed by atoms with van der Waals surface area (Å²) in [5.74, 6) is 0.679. The van der Waals surface area contributed by atoms with Gasteiger partial charge in [-0.3, -0.25) is 0 Å². The van der Waals surface area contributed by atoms with Crippen molar-refractivity contribution in [3.8, 4) is 6.07 Å². The minimum Gasteiger partial charge on any atom is -0.326 e. The first-order valence-electron chi connectivity index (χ1n) is 7.65. The SMILES string of the molecule is Cc1cc2[nH]c(Nc3ccc(C(C)(C)C)cc3)nc2cc1C#N. The van der Waals surface area contributed by atoms with Gasteiger partial charge in [-0.25, -0.2) is 4.98 Å². The highest BCUT2D eigenvalue weighted by atomic mass is 15.1. The summed E-state index contributed by atoms with van der Waals surface area (Å²) in [5, 5.41) is 12.4. The minimum absolute atomic E-state index is 0.142. The Hall–Kier alpha value is -2.80. The number of anilines is 2. The Bertz CT molecular complexity index is 890. The zero-order chi connectivity index (χ0) is 16.6. The van der Waals surface area contributed by atoms with Gasteiger partial charge >= 0.3 is 0 Å². The number of rotatable bonds is 2. The molecule has 2 N–H and O–H groups in total. The van der Waals surface area contributed by atoms with E-state index in [0.717, 1.165) is 22.3 Å². The molecule has 0 aliphatic heterocycles. The molecule has 3 rings (SSSR count). The lowest BCUT2D eigenvalue weighted by atomic mass is 9.87. The Balaban J connectivity index is 1.88. The molecule has 4 heteroatoms. The molecule has 116 valence electrons. The van der Waals surface area contributed by atoms with Crippen molar-refractivity contribution in [3.05, 3.63) is 53.1 Å². The molecule has 0 bridgehead atoms. The fraction of sp³-hybridized carbons (Fsp3) is 0.263. The van der Waals surface area contributed by atoms with E-state index in [4.69, 9.17) is 5.26 Å². The summed E-state index contributed by atoms with van der Waals surface area (Å²) >= 11 is 0. The highest BCUT2D eigenvalue weighted by Gasteiger charge is 2.13. The van der Waals surface area contributed by atoms with Crippen LogP contribution in [0.2, 0.25) is 0 Å². The van der Waals surface area contributed by atoms with E-state index in [2.05, 4.69) is 66.4 Å². The van der Waals surface area contributed by atoms with Crippen LogP contribution in [0.25, 0.3) is 11.0 Å². The Morgan fingerprint density at radius 3 is 2.43 bits per heavy atom. The van der Waals surface area contributed by atoms with Crippen molar-refractivity contribution < 1.29 is 0 Å². The minimum atomic E-state index is 0.142. The Labute approximate surface area is 136 Å². The first-order chi connectivity index (χ1) is 10.9. The highest BCUT2D eigenvalue weighted by molar-refractivity contribution is 5.81. The molecular weight excluding hydrogens is 284 g/mol. The molecule has 0 saturated carbocycles. The van der Waals surface area contributed by atoms with Crippen molar-refractivity contribution in [1.29, 1.82) is 5.26 Å². The highest BCUT2D eigenvalue weighted by Crippen LogP contribution is 2.25. The van der Waals surface area contributed by atoms with Crippen LogP contribution in [-0.2, 0) is 5.41 Å². The molecule has 0 atom stereocenters. The first kappa shape index (κ1) is 15.1. The molecule has 0 unspecified atom stereocenters. The molecule has 0 aliphatic carbocycles. The zero-order valence-electron chi connectivity index (χ0n) is 13.9. The molecule has 4 nitrogen and oxygen atoms in total. The quantitative estimate of drug-likeness (QED) is 0.715. The number of aromatic nitrogens is 2. The summed E-state index contributed by atoms with van der Waals surface area (Å²) in [6.07, 6.45) is 0. The van der Waals surface area contributed by atoms with Gasteiger partial charge < -0.3 is 10.3 Å². The number of nitrogens with zero attached hydrogens (tertiary/aromatic N) is 2. The molecule has 3 aromatic rings. The first-order valence-corrected chi connectivity index (χ1v) is 7.65. The molecule has 0 radical (unpaired) electrons. The van der Waals surface area contributed by atoms with Gasteiger partial charge in [-0.05, 0) is 47.7 Å². The maximum atomic E-state index is 9.11. The predicted molar refractivity (Wildman–Crippen MR) is 94.0 cm³/mol. The summed E-state index contributed by atoms with van der Waals surface area (Å²) in [5.41, 5.74) is 5.74. The number of aryl methyl sites for hydroxylation is 1. The topological polar surface area (TPSA) is 64.5 Å². The summed E-state index contributed by atoms with van der Waals surface area (Å²) in [4.78, 5) is 7.76. The molecule has 0 spiro atoms. The number of hydrogen-bond donors (Lipinski definition) is 2.